The van der Waals surface area contributed by atoms with Gasteiger partial charge in [-0.25, -0.2) is 9.97 Å². The molecule has 0 atom stereocenters. The molecular weight excluding hydrogens is 196 g/mol. The van der Waals surface area contributed by atoms with Crippen molar-refractivity contribution in [2.45, 2.75) is 30.5 Å². The number of nitrogen functional groups attached to an aromatic ring is 1. The summed E-state index contributed by atoms with van der Waals surface area (Å²) in [4.78, 5) is 8.19. The molecule has 0 aliphatic rings. The molecule has 1 aromatic heterocycles. The third kappa shape index (κ3) is 3.33. The van der Waals surface area contributed by atoms with Crippen LogP contribution in [-0.2, 0) is 0 Å². The van der Waals surface area contributed by atoms with Crippen molar-refractivity contribution in [3.63, 3.8) is 0 Å². The average Bonchev–Trinajstić information content (AvgIpc) is 2.02. The highest BCUT2D eigenvalue weighted by atomic mass is 32.2. The number of thioether (sulfide) groups is 1. The van der Waals surface area contributed by atoms with Gasteiger partial charge >= 0.3 is 0 Å². The van der Waals surface area contributed by atoms with Gasteiger partial charge in [0.25, 0.3) is 0 Å². The zero-order valence-corrected chi connectivity index (χ0v) is 9.35. The third-order valence-electron chi connectivity index (χ3n) is 1.31. The molecule has 14 heavy (non-hydrogen) atoms. The number of amidine groups is 1. The molecule has 0 aromatic carbocycles. The second kappa shape index (κ2) is 3.96. The lowest BCUT2D eigenvalue weighted by Gasteiger charge is -2.16. The summed E-state index contributed by atoms with van der Waals surface area (Å²) in [5.74, 6) is -0.0511. The molecule has 0 radical (unpaired) electrons. The first-order valence-electron chi connectivity index (χ1n) is 4.24. The van der Waals surface area contributed by atoms with E-state index in [2.05, 4.69) is 30.7 Å². The van der Waals surface area contributed by atoms with Gasteiger partial charge in [0.2, 0.25) is 0 Å². The van der Waals surface area contributed by atoms with Crippen LogP contribution in [0.4, 0.5) is 0 Å². The maximum Gasteiger partial charge on any atom is 0.143 e. The summed E-state index contributed by atoms with van der Waals surface area (Å²) < 4.78 is 0.117. The van der Waals surface area contributed by atoms with Gasteiger partial charge in [-0.3, -0.25) is 5.41 Å². The van der Waals surface area contributed by atoms with Crippen LogP contribution in [0.15, 0.2) is 17.4 Å². The van der Waals surface area contributed by atoms with Crippen LogP contribution in [0.2, 0.25) is 0 Å². The molecule has 0 spiro atoms. The average molecular weight is 210 g/mol. The Hall–Kier alpha value is -1.10. The normalized spacial score (nSPS) is 11.4. The lowest BCUT2D eigenvalue weighted by atomic mass is 10.3. The first-order chi connectivity index (χ1) is 6.38. The van der Waals surface area contributed by atoms with Gasteiger partial charge in [-0.15, -0.1) is 0 Å². The van der Waals surface area contributed by atoms with E-state index in [9.17, 15) is 0 Å². The Morgan fingerprint density at radius 2 is 2.00 bits per heavy atom. The number of hydrogen-bond acceptors (Lipinski definition) is 4. The lowest BCUT2D eigenvalue weighted by molar-refractivity contribution is 0.798. The number of nitrogens with two attached hydrogens (primary N) is 1. The Bertz CT molecular complexity index is 326. The molecular formula is C9H14N4S. The molecule has 0 amide bonds. The molecule has 0 saturated heterocycles. The molecule has 1 aromatic rings. The van der Waals surface area contributed by atoms with Gasteiger partial charge < -0.3 is 5.73 Å². The largest absolute Gasteiger partial charge is 0.382 e. The van der Waals surface area contributed by atoms with Crippen LogP contribution in [-0.4, -0.2) is 20.6 Å². The maximum absolute atomic E-state index is 7.15. The summed E-state index contributed by atoms with van der Waals surface area (Å²) in [7, 11) is 0. The van der Waals surface area contributed by atoms with Gasteiger partial charge in [0.05, 0.1) is 12.4 Å². The summed E-state index contributed by atoms with van der Waals surface area (Å²) in [5.41, 5.74) is 5.68. The number of nitrogens with one attached hydrogen (secondary N) is 1. The first kappa shape index (κ1) is 11.0. The number of nitrogens with zero attached hydrogens (tertiary/aromatic N) is 2. The fourth-order valence-corrected chi connectivity index (χ4v) is 1.66. The predicted molar refractivity (Wildman–Crippen MR) is 58.7 cm³/mol. The van der Waals surface area contributed by atoms with Crippen LogP contribution < -0.4 is 5.73 Å². The SMILES string of the molecule is CC(C)(C)Sc1cnc(C(=N)N)cn1. The molecule has 0 aliphatic heterocycles. The van der Waals surface area contributed by atoms with Crippen molar-refractivity contribution in [2.75, 3.05) is 0 Å². The van der Waals surface area contributed by atoms with Crippen molar-refractivity contribution in [2.24, 2.45) is 5.73 Å². The quantitative estimate of drug-likeness (QED) is 0.442. The van der Waals surface area contributed by atoms with E-state index in [4.69, 9.17) is 11.1 Å². The van der Waals surface area contributed by atoms with Crippen LogP contribution in [0.3, 0.4) is 0 Å². The third-order valence-corrected chi connectivity index (χ3v) is 2.35. The van der Waals surface area contributed by atoms with E-state index in [0.29, 0.717) is 5.69 Å². The van der Waals surface area contributed by atoms with Crippen LogP contribution in [0, 0.1) is 5.41 Å². The van der Waals surface area contributed by atoms with Gasteiger partial charge in [-0.05, 0) is 0 Å². The molecule has 1 rings (SSSR count). The second-order valence-electron chi connectivity index (χ2n) is 3.87. The predicted octanol–water partition coefficient (Wildman–Crippen LogP) is 1.65. The van der Waals surface area contributed by atoms with Gasteiger partial charge in [0.15, 0.2) is 0 Å². The van der Waals surface area contributed by atoms with Crippen LogP contribution >= 0.6 is 11.8 Å². The summed E-state index contributed by atoms with van der Waals surface area (Å²) in [6, 6.07) is 0. The molecule has 5 heteroatoms. The van der Waals surface area contributed by atoms with E-state index in [1.165, 1.54) is 6.20 Å². The molecule has 0 saturated carbocycles. The van der Waals surface area contributed by atoms with Crippen molar-refractivity contribution in [3.8, 4) is 0 Å². The summed E-state index contributed by atoms with van der Waals surface area (Å²) >= 11 is 1.64. The van der Waals surface area contributed by atoms with Gasteiger partial charge in [-0.2, -0.15) is 0 Å². The highest BCUT2D eigenvalue weighted by molar-refractivity contribution is 8.00. The van der Waals surface area contributed by atoms with E-state index in [1.54, 1.807) is 18.0 Å². The zero-order valence-electron chi connectivity index (χ0n) is 8.53. The topological polar surface area (TPSA) is 75.7 Å². The van der Waals surface area contributed by atoms with Crippen LogP contribution in [0.25, 0.3) is 0 Å². The Morgan fingerprint density at radius 1 is 1.36 bits per heavy atom. The van der Waals surface area contributed by atoms with E-state index in [-0.39, 0.29) is 10.6 Å². The second-order valence-corrected chi connectivity index (χ2v) is 5.72. The lowest BCUT2D eigenvalue weighted by Crippen LogP contribution is -2.14. The van der Waals surface area contributed by atoms with Crippen LogP contribution in [0.1, 0.15) is 26.5 Å². The van der Waals surface area contributed by atoms with Crippen molar-refractivity contribution in [3.05, 3.63) is 18.1 Å². The minimum absolute atomic E-state index is 0.0511. The fourth-order valence-electron chi connectivity index (χ4n) is 0.822. The van der Waals surface area contributed by atoms with E-state index in [0.717, 1.165) is 5.03 Å². The molecule has 3 N–H and O–H groups in total. The molecule has 0 aliphatic carbocycles. The van der Waals surface area contributed by atoms with Gasteiger partial charge in [-0.1, -0.05) is 32.5 Å². The maximum atomic E-state index is 7.15. The molecule has 0 fully saturated rings. The number of rotatable bonds is 2. The fraction of sp³-hybridized carbons (Fsp3) is 0.444. The Morgan fingerprint density at radius 3 is 2.36 bits per heavy atom. The number of hydrogen-bond donors (Lipinski definition) is 2. The van der Waals surface area contributed by atoms with Gasteiger partial charge in [0.1, 0.15) is 16.6 Å². The summed E-state index contributed by atoms with van der Waals surface area (Å²) in [5, 5.41) is 8.00. The molecule has 4 nitrogen and oxygen atoms in total. The Kier molecular flexibility index (Phi) is 3.10. The standard InChI is InChI=1S/C9H14N4S/c1-9(2,3)14-7-5-12-6(4-13-7)8(10)11/h4-5H,1-3H3,(H3,10,11). The Balaban J connectivity index is 2.79. The minimum atomic E-state index is -0.0511. The highest BCUT2D eigenvalue weighted by Crippen LogP contribution is 2.29. The van der Waals surface area contributed by atoms with Gasteiger partial charge in [0, 0.05) is 4.75 Å². The van der Waals surface area contributed by atoms with E-state index >= 15 is 0 Å². The van der Waals surface area contributed by atoms with Crippen molar-refractivity contribution >= 4 is 17.6 Å². The molecule has 0 unspecified atom stereocenters. The monoisotopic (exact) mass is 210 g/mol. The number of aromatic nitrogens is 2. The van der Waals surface area contributed by atoms with E-state index < -0.39 is 0 Å². The molecule has 1 heterocycles. The van der Waals surface area contributed by atoms with Crippen molar-refractivity contribution in [1.82, 2.24) is 9.97 Å². The summed E-state index contributed by atoms with van der Waals surface area (Å²) in [6.07, 6.45) is 3.17. The zero-order chi connectivity index (χ0) is 10.8. The molecule has 76 valence electrons. The molecule has 0 bridgehead atoms. The van der Waals surface area contributed by atoms with Crippen molar-refractivity contribution < 1.29 is 0 Å². The minimum Gasteiger partial charge on any atom is -0.382 e. The summed E-state index contributed by atoms with van der Waals surface area (Å²) in [6.45, 7) is 6.33. The van der Waals surface area contributed by atoms with Crippen LogP contribution in [0.5, 0.6) is 0 Å². The highest BCUT2D eigenvalue weighted by Gasteiger charge is 2.13. The first-order valence-corrected chi connectivity index (χ1v) is 5.05. The van der Waals surface area contributed by atoms with Crippen molar-refractivity contribution in [1.29, 1.82) is 5.41 Å². The smallest absolute Gasteiger partial charge is 0.143 e. The van der Waals surface area contributed by atoms with E-state index in [1.807, 2.05) is 0 Å². The Labute approximate surface area is 87.8 Å².